The summed E-state index contributed by atoms with van der Waals surface area (Å²) in [5.74, 6) is -1.54. The van der Waals surface area contributed by atoms with Crippen LogP contribution in [0, 0.1) is 5.92 Å². The molecule has 2 aromatic heterocycles. The molecule has 0 aliphatic heterocycles. The molecule has 0 fully saturated rings. The van der Waals surface area contributed by atoms with Crippen LogP contribution in [0.5, 0.6) is 11.5 Å². The number of pyridine rings is 1. The summed E-state index contributed by atoms with van der Waals surface area (Å²) in [6.45, 7) is 0.00349. The fourth-order valence-corrected chi connectivity index (χ4v) is 5.62. The van der Waals surface area contributed by atoms with E-state index in [0.29, 0.717) is 29.8 Å². The van der Waals surface area contributed by atoms with Gasteiger partial charge in [0.15, 0.2) is 29.2 Å². The van der Waals surface area contributed by atoms with Crippen LogP contribution < -0.4 is 15.5 Å². The summed E-state index contributed by atoms with van der Waals surface area (Å²) in [5, 5.41) is 41.0. The Bertz CT molecular complexity index is 1310. The van der Waals surface area contributed by atoms with Crippen LogP contribution in [-0.2, 0) is 22.4 Å². The van der Waals surface area contributed by atoms with Gasteiger partial charge in [0.2, 0.25) is 0 Å². The number of phenols is 1. The van der Waals surface area contributed by atoms with Gasteiger partial charge in [-0.15, -0.1) is 0 Å². The minimum Gasteiger partial charge on any atom is -0.668 e. The second-order valence-corrected chi connectivity index (χ2v) is 11.3. The number of unbranched alkanes of at least 4 members (excludes halogenated alkanes) is 6. The number of nitrogens with zero attached hydrogens (tertiary/aromatic N) is 2. The predicted molar refractivity (Wildman–Crippen MR) is 168 cm³/mol. The number of rotatable bonds is 21. The van der Waals surface area contributed by atoms with Gasteiger partial charge in [-0.25, -0.2) is 4.98 Å². The van der Waals surface area contributed by atoms with Crippen molar-refractivity contribution in [3.63, 3.8) is 0 Å². The lowest BCUT2D eigenvalue weighted by molar-refractivity contribution is -0.138. The number of methoxy groups -OCH3 is 1. The smallest absolute Gasteiger partial charge is 0.170 e. The molecule has 240 valence electrons. The van der Waals surface area contributed by atoms with Crippen LogP contribution in [0.4, 0.5) is 5.82 Å². The number of nitrogen functional groups attached to an aromatic ring is 1. The Morgan fingerprint density at radius 3 is 2.32 bits per heavy atom. The Morgan fingerprint density at radius 1 is 0.977 bits per heavy atom. The summed E-state index contributed by atoms with van der Waals surface area (Å²) < 4.78 is 5.48. The third-order valence-corrected chi connectivity index (χ3v) is 8.03. The minimum absolute atomic E-state index is 0.0706. The van der Waals surface area contributed by atoms with Gasteiger partial charge in [0.25, 0.3) is 0 Å². The molecule has 0 aliphatic rings. The van der Waals surface area contributed by atoms with E-state index in [4.69, 9.17) is 15.6 Å². The van der Waals surface area contributed by atoms with E-state index in [-0.39, 0.29) is 49.9 Å². The number of hydrogen-bond donors (Lipinski definition) is 5. The largest absolute Gasteiger partial charge is 0.668 e. The van der Waals surface area contributed by atoms with Crippen LogP contribution in [0.25, 0.3) is 0 Å². The number of aromatic hydroxyl groups is 1. The number of benzene rings is 1. The average molecular weight is 609 g/mol. The Morgan fingerprint density at radius 2 is 1.68 bits per heavy atom. The maximum atomic E-state index is 12.8. The first kappa shape index (κ1) is 34.8. The van der Waals surface area contributed by atoms with E-state index in [1.807, 2.05) is 12.1 Å². The molecule has 3 unspecified atom stereocenters. The minimum atomic E-state index is -1.67. The first-order valence-electron chi connectivity index (χ1n) is 15.4. The summed E-state index contributed by atoms with van der Waals surface area (Å²) in [5.41, 5.74) is 8.68. The normalized spacial score (nSPS) is 13.4. The monoisotopic (exact) mass is 608 g/mol. The van der Waals surface area contributed by atoms with E-state index in [1.54, 1.807) is 36.7 Å². The van der Waals surface area contributed by atoms with Crippen molar-refractivity contribution in [1.82, 2.24) is 9.97 Å². The molecular weight excluding hydrogens is 562 g/mol. The molecule has 3 atom stereocenters. The highest BCUT2D eigenvalue weighted by Crippen LogP contribution is 2.43. The molecule has 0 spiro atoms. The van der Waals surface area contributed by atoms with Crippen LogP contribution in [-0.4, -0.2) is 63.4 Å². The Balaban J connectivity index is 1.73. The topological polar surface area (TPSA) is 177 Å². The summed E-state index contributed by atoms with van der Waals surface area (Å²) in [4.78, 5) is 33.7. The van der Waals surface area contributed by atoms with Gasteiger partial charge in [0.05, 0.1) is 7.11 Å². The van der Waals surface area contributed by atoms with Crippen LogP contribution in [0.2, 0.25) is 0 Å². The number of aromatic nitrogens is 2. The molecule has 6 N–H and O–H groups in total. The number of Topliss-reactive ketones (excluding diaryl/α,β-unsaturated/α-hetero) is 2. The highest BCUT2D eigenvalue weighted by Gasteiger charge is 2.29. The zero-order valence-corrected chi connectivity index (χ0v) is 25.5. The van der Waals surface area contributed by atoms with Crippen molar-refractivity contribution in [3.8, 4) is 11.5 Å². The zero-order chi connectivity index (χ0) is 31.9. The lowest BCUT2D eigenvalue weighted by Crippen LogP contribution is -2.30. The summed E-state index contributed by atoms with van der Waals surface area (Å²) >= 11 is 0. The number of aliphatic hydroxyl groups is 3. The van der Waals surface area contributed by atoms with Crippen molar-refractivity contribution in [2.75, 3.05) is 26.1 Å². The number of phenolic OH excluding ortho intramolecular Hbond substituents is 1. The van der Waals surface area contributed by atoms with Gasteiger partial charge >= 0.3 is 0 Å². The SMILES string of the molecule is COc1cc(CCC(=O)C(O)C(=O)CCCCCCCCCO)cc(C(c2ccnc(N)c2)C(CO)Cc2ccc[n-]2)c1O. The second-order valence-electron chi connectivity index (χ2n) is 11.3. The molecule has 0 saturated heterocycles. The van der Waals surface area contributed by atoms with Crippen LogP contribution in [0.1, 0.15) is 86.1 Å². The molecule has 0 radical (unpaired) electrons. The quantitative estimate of drug-likeness (QED) is 0.0881. The van der Waals surface area contributed by atoms with Crippen molar-refractivity contribution in [2.24, 2.45) is 5.92 Å². The number of carbonyl (C=O) groups excluding carboxylic acids is 2. The molecule has 0 aliphatic carbocycles. The van der Waals surface area contributed by atoms with Gasteiger partial charge in [-0.3, -0.25) is 9.59 Å². The van der Waals surface area contributed by atoms with Crippen molar-refractivity contribution in [2.45, 2.75) is 82.7 Å². The van der Waals surface area contributed by atoms with E-state index in [2.05, 4.69) is 9.97 Å². The Hall–Kier alpha value is -3.73. The number of aryl methyl sites for hydroxylation is 1. The van der Waals surface area contributed by atoms with Crippen molar-refractivity contribution in [1.29, 1.82) is 0 Å². The maximum absolute atomic E-state index is 12.8. The fraction of sp³-hybridized carbons (Fsp3) is 0.500. The molecule has 0 saturated carbocycles. The predicted octanol–water partition coefficient (Wildman–Crippen LogP) is 3.86. The van der Waals surface area contributed by atoms with Crippen LogP contribution >= 0.6 is 0 Å². The van der Waals surface area contributed by atoms with E-state index < -0.39 is 23.6 Å². The van der Waals surface area contributed by atoms with Gasteiger partial charge in [0.1, 0.15) is 5.82 Å². The first-order valence-corrected chi connectivity index (χ1v) is 15.4. The molecule has 0 bridgehead atoms. The lowest BCUT2D eigenvalue weighted by atomic mass is 9.78. The fourth-order valence-electron chi connectivity index (χ4n) is 5.62. The second kappa shape index (κ2) is 18.2. The number of ether oxygens (including phenoxy) is 1. The first-order chi connectivity index (χ1) is 21.3. The lowest BCUT2D eigenvalue weighted by Gasteiger charge is -2.29. The highest BCUT2D eigenvalue weighted by molar-refractivity contribution is 6.05. The number of aliphatic hydroxyl groups excluding tert-OH is 3. The molecule has 10 heteroatoms. The summed E-state index contributed by atoms with van der Waals surface area (Å²) in [6.07, 6.45) is 8.63. The molecule has 3 aromatic rings. The number of nitrogens with two attached hydrogens (primary N) is 1. The van der Waals surface area contributed by atoms with Gasteiger partial charge in [0, 0.05) is 43.7 Å². The molecule has 0 amide bonds. The summed E-state index contributed by atoms with van der Waals surface area (Å²) in [7, 11) is 1.43. The number of hydrogen-bond acceptors (Lipinski definition) is 9. The van der Waals surface area contributed by atoms with E-state index in [9.17, 15) is 24.9 Å². The Labute approximate surface area is 259 Å². The third-order valence-electron chi connectivity index (χ3n) is 8.03. The van der Waals surface area contributed by atoms with Crippen LogP contribution in [0.3, 0.4) is 0 Å². The van der Waals surface area contributed by atoms with Crippen molar-refractivity contribution < 1.29 is 34.8 Å². The number of ketones is 2. The van der Waals surface area contributed by atoms with Gasteiger partial charge in [-0.05, 0) is 60.9 Å². The van der Waals surface area contributed by atoms with E-state index in [1.165, 1.54) is 7.11 Å². The van der Waals surface area contributed by atoms with Gasteiger partial charge in [-0.2, -0.15) is 11.9 Å². The zero-order valence-electron chi connectivity index (χ0n) is 25.5. The summed E-state index contributed by atoms with van der Waals surface area (Å²) in [6, 6.07) is 10.6. The molecular formula is C34H46N3O7-. The van der Waals surface area contributed by atoms with E-state index in [0.717, 1.165) is 49.8 Å². The van der Waals surface area contributed by atoms with Crippen LogP contribution in [0.15, 0.2) is 48.8 Å². The number of carbonyl (C=O) groups is 2. The standard InChI is InChI=1S/C34H46N3O7/c1-44-30-19-23(12-13-29(41)34(43)28(40)11-7-5-3-2-4-6-8-17-38)18-27(33(30)42)32(24-14-16-37-31(35)21-24)25(22-39)20-26-10-9-15-36-26/h9-10,14-16,18-19,21,25,32,34,38-39,42-43H,2-8,11-13,17,20,22H2,1H3,(H2,35,37)/q-1. The van der Waals surface area contributed by atoms with Gasteiger partial charge < -0.3 is 35.9 Å². The van der Waals surface area contributed by atoms with Crippen molar-refractivity contribution in [3.05, 3.63) is 71.2 Å². The Kier molecular flexibility index (Phi) is 14.3. The third kappa shape index (κ3) is 10.2. The number of anilines is 1. The average Bonchev–Trinajstić information content (AvgIpc) is 3.54. The molecule has 10 nitrogen and oxygen atoms in total. The molecule has 1 aromatic carbocycles. The van der Waals surface area contributed by atoms with Crippen molar-refractivity contribution >= 4 is 17.4 Å². The maximum Gasteiger partial charge on any atom is 0.170 e. The molecule has 2 heterocycles. The van der Waals surface area contributed by atoms with Gasteiger partial charge in [-0.1, -0.05) is 50.3 Å². The molecule has 3 rings (SSSR count). The van der Waals surface area contributed by atoms with E-state index >= 15 is 0 Å². The molecule has 44 heavy (non-hydrogen) atoms. The highest BCUT2D eigenvalue weighted by atomic mass is 16.5.